The van der Waals surface area contributed by atoms with Crippen molar-refractivity contribution in [3.05, 3.63) is 33.8 Å². The molecule has 0 spiro atoms. The van der Waals surface area contributed by atoms with Gasteiger partial charge in [0.25, 0.3) is 0 Å². The molecule has 0 amide bonds. The van der Waals surface area contributed by atoms with E-state index in [9.17, 15) is 8.78 Å². The number of rotatable bonds is 5. The number of hydrogen-bond acceptors (Lipinski definition) is 3. The first-order chi connectivity index (χ1) is 10.1. The first-order valence-electron chi connectivity index (χ1n) is 7.32. The second-order valence-electron chi connectivity index (χ2n) is 5.70. The molecule has 21 heavy (non-hydrogen) atoms. The normalized spacial score (nSPS) is 23.5. The summed E-state index contributed by atoms with van der Waals surface area (Å²) in [6, 6.07) is 3.49. The van der Waals surface area contributed by atoms with Crippen LogP contribution in [0.15, 0.2) is 16.6 Å². The van der Waals surface area contributed by atoms with Gasteiger partial charge in [-0.2, -0.15) is 0 Å². The van der Waals surface area contributed by atoms with E-state index in [1.165, 1.54) is 25.0 Å². The molecule has 3 nitrogen and oxygen atoms in total. The number of ether oxygens (including phenoxy) is 1. The van der Waals surface area contributed by atoms with E-state index in [4.69, 9.17) is 4.74 Å². The molecule has 2 aliphatic rings. The summed E-state index contributed by atoms with van der Waals surface area (Å²) in [5.41, 5.74) is 0.127. The topological polar surface area (TPSA) is 24.5 Å². The number of nitrogens with one attached hydrogen (secondary N) is 1. The van der Waals surface area contributed by atoms with Crippen LogP contribution in [0.5, 0.6) is 0 Å². The highest BCUT2D eigenvalue weighted by Crippen LogP contribution is 2.24. The van der Waals surface area contributed by atoms with E-state index in [0.717, 1.165) is 6.54 Å². The van der Waals surface area contributed by atoms with E-state index < -0.39 is 11.6 Å². The Labute approximate surface area is 131 Å². The van der Waals surface area contributed by atoms with Gasteiger partial charge in [-0.15, -0.1) is 0 Å². The van der Waals surface area contributed by atoms with Crippen molar-refractivity contribution in [2.24, 2.45) is 0 Å². The minimum absolute atomic E-state index is 0.127. The largest absolute Gasteiger partial charge is 0.378 e. The number of benzene rings is 1. The van der Waals surface area contributed by atoms with Crippen LogP contribution in [0, 0.1) is 11.6 Å². The fourth-order valence-corrected chi connectivity index (χ4v) is 2.96. The minimum Gasteiger partial charge on any atom is -0.378 e. The van der Waals surface area contributed by atoms with Gasteiger partial charge in [-0.05, 0) is 40.9 Å². The van der Waals surface area contributed by atoms with Crippen LogP contribution >= 0.6 is 15.9 Å². The minimum atomic E-state index is -0.504. The van der Waals surface area contributed by atoms with Crippen molar-refractivity contribution in [3.63, 3.8) is 0 Å². The Kier molecular flexibility index (Phi) is 4.88. The van der Waals surface area contributed by atoms with E-state index >= 15 is 0 Å². The molecule has 116 valence electrons. The predicted molar refractivity (Wildman–Crippen MR) is 80.1 cm³/mol. The summed E-state index contributed by atoms with van der Waals surface area (Å²) in [5.74, 6) is -0.994. The van der Waals surface area contributed by atoms with Gasteiger partial charge in [-0.1, -0.05) is 0 Å². The van der Waals surface area contributed by atoms with Crippen molar-refractivity contribution in [1.82, 2.24) is 10.2 Å². The lowest BCUT2D eigenvalue weighted by molar-refractivity contribution is -0.0119. The monoisotopic (exact) mass is 360 g/mol. The molecule has 0 radical (unpaired) electrons. The molecule has 1 aromatic rings. The average Bonchev–Trinajstić information content (AvgIpc) is 3.31. The molecule has 1 unspecified atom stereocenters. The highest BCUT2D eigenvalue weighted by molar-refractivity contribution is 9.10. The SMILES string of the molecule is Fc1ccc(Br)c(F)c1CN1CCOCC1CNC1CC1. The summed E-state index contributed by atoms with van der Waals surface area (Å²) in [6.07, 6.45) is 2.45. The lowest BCUT2D eigenvalue weighted by Gasteiger charge is -2.36. The van der Waals surface area contributed by atoms with Crippen molar-refractivity contribution in [3.8, 4) is 0 Å². The van der Waals surface area contributed by atoms with Crippen LogP contribution in [0.25, 0.3) is 0 Å². The summed E-state index contributed by atoms with van der Waals surface area (Å²) in [7, 11) is 0. The zero-order chi connectivity index (χ0) is 14.8. The Bertz CT molecular complexity index is 511. The molecular weight excluding hydrogens is 342 g/mol. The zero-order valence-electron chi connectivity index (χ0n) is 11.7. The molecule has 1 saturated heterocycles. The molecule has 1 aromatic carbocycles. The quantitative estimate of drug-likeness (QED) is 0.817. The van der Waals surface area contributed by atoms with Crippen LogP contribution in [0.3, 0.4) is 0 Å². The molecular formula is C15H19BrF2N2O. The van der Waals surface area contributed by atoms with Crippen LogP contribution in [0.1, 0.15) is 18.4 Å². The van der Waals surface area contributed by atoms with Gasteiger partial charge >= 0.3 is 0 Å². The summed E-state index contributed by atoms with van der Waals surface area (Å²) in [6.45, 7) is 3.00. The third-order valence-electron chi connectivity index (χ3n) is 4.07. The number of nitrogens with zero attached hydrogens (tertiary/aromatic N) is 1. The fourth-order valence-electron chi connectivity index (χ4n) is 2.59. The van der Waals surface area contributed by atoms with E-state index in [0.29, 0.717) is 30.3 Å². The van der Waals surface area contributed by atoms with Gasteiger partial charge in [0.2, 0.25) is 0 Å². The molecule has 2 fully saturated rings. The maximum absolute atomic E-state index is 14.1. The standard InChI is InChI=1S/C15H19BrF2N2O/c16-13-3-4-14(17)12(15(13)18)8-20-5-6-21-9-11(20)7-19-10-1-2-10/h3-4,10-11,19H,1-2,5-9H2. The Morgan fingerprint density at radius 3 is 2.90 bits per heavy atom. The third kappa shape index (κ3) is 3.80. The maximum Gasteiger partial charge on any atom is 0.144 e. The van der Waals surface area contributed by atoms with Crippen molar-refractivity contribution >= 4 is 15.9 Å². The van der Waals surface area contributed by atoms with Crippen LogP contribution in [-0.4, -0.2) is 43.3 Å². The number of morpholine rings is 1. The van der Waals surface area contributed by atoms with Gasteiger partial charge in [0.05, 0.1) is 17.7 Å². The summed E-state index contributed by atoms with van der Waals surface area (Å²) < 4.78 is 33.8. The molecule has 1 N–H and O–H groups in total. The zero-order valence-corrected chi connectivity index (χ0v) is 13.3. The Morgan fingerprint density at radius 1 is 1.33 bits per heavy atom. The predicted octanol–water partition coefficient (Wildman–Crippen LogP) is 2.68. The van der Waals surface area contributed by atoms with Crippen LogP contribution in [-0.2, 0) is 11.3 Å². The van der Waals surface area contributed by atoms with Crippen molar-refractivity contribution in [2.45, 2.75) is 31.5 Å². The molecule has 1 heterocycles. The van der Waals surface area contributed by atoms with Crippen molar-refractivity contribution < 1.29 is 13.5 Å². The lowest BCUT2D eigenvalue weighted by Crippen LogP contribution is -2.50. The van der Waals surface area contributed by atoms with Crippen molar-refractivity contribution in [2.75, 3.05) is 26.3 Å². The first kappa shape index (κ1) is 15.3. The van der Waals surface area contributed by atoms with Crippen LogP contribution in [0.4, 0.5) is 8.78 Å². The van der Waals surface area contributed by atoms with Gasteiger partial charge in [0.15, 0.2) is 0 Å². The highest BCUT2D eigenvalue weighted by Gasteiger charge is 2.28. The van der Waals surface area contributed by atoms with Crippen molar-refractivity contribution in [1.29, 1.82) is 0 Å². The first-order valence-corrected chi connectivity index (χ1v) is 8.12. The highest BCUT2D eigenvalue weighted by atomic mass is 79.9. The molecule has 3 rings (SSSR count). The van der Waals surface area contributed by atoms with Gasteiger partial charge in [-0.25, -0.2) is 8.78 Å². The summed E-state index contributed by atoms with van der Waals surface area (Å²) in [5, 5.41) is 3.46. The lowest BCUT2D eigenvalue weighted by atomic mass is 10.1. The van der Waals surface area contributed by atoms with E-state index in [1.807, 2.05) is 0 Å². The Morgan fingerprint density at radius 2 is 2.14 bits per heavy atom. The molecule has 6 heteroatoms. The summed E-state index contributed by atoms with van der Waals surface area (Å²) >= 11 is 3.12. The second kappa shape index (κ2) is 6.69. The third-order valence-corrected chi connectivity index (χ3v) is 4.68. The van der Waals surface area contributed by atoms with Gasteiger partial charge in [0, 0.05) is 37.3 Å². The van der Waals surface area contributed by atoms with Gasteiger partial charge < -0.3 is 10.1 Å². The van der Waals surface area contributed by atoms with Gasteiger partial charge in [0.1, 0.15) is 11.6 Å². The van der Waals surface area contributed by atoms with Gasteiger partial charge in [-0.3, -0.25) is 4.90 Å². The van der Waals surface area contributed by atoms with Crippen LogP contribution in [0.2, 0.25) is 0 Å². The number of halogens is 3. The average molecular weight is 361 g/mol. The number of hydrogen-bond donors (Lipinski definition) is 1. The van der Waals surface area contributed by atoms with E-state index in [2.05, 4.69) is 26.1 Å². The van der Waals surface area contributed by atoms with Crippen LogP contribution < -0.4 is 5.32 Å². The smallest absolute Gasteiger partial charge is 0.144 e. The molecule has 1 saturated carbocycles. The fraction of sp³-hybridized carbons (Fsp3) is 0.600. The molecule has 1 atom stereocenters. The molecule has 0 aromatic heterocycles. The van der Waals surface area contributed by atoms with E-state index in [-0.39, 0.29) is 18.2 Å². The molecule has 1 aliphatic carbocycles. The molecule has 0 bridgehead atoms. The summed E-state index contributed by atoms with van der Waals surface area (Å²) in [4.78, 5) is 2.10. The second-order valence-corrected chi connectivity index (χ2v) is 6.56. The molecule has 1 aliphatic heterocycles. The van der Waals surface area contributed by atoms with E-state index in [1.54, 1.807) is 0 Å². The Balaban J connectivity index is 1.70. The maximum atomic E-state index is 14.1. The Hall–Kier alpha value is -0.560.